The molecule has 188 valence electrons. The molecule has 2 aromatic carbocycles. The third-order valence-electron chi connectivity index (χ3n) is 6.05. The lowest BCUT2D eigenvalue weighted by atomic mass is 10.1. The van der Waals surface area contributed by atoms with Gasteiger partial charge in [0, 0.05) is 42.0 Å². The first-order valence-electron chi connectivity index (χ1n) is 12.3. The summed E-state index contributed by atoms with van der Waals surface area (Å²) >= 11 is 0. The topological polar surface area (TPSA) is 121 Å². The van der Waals surface area contributed by atoms with Crippen LogP contribution in [0.3, 0.4) is 0 Å². The summed E-state index contributed by atoms with van der Waals surface area (Å²) in [6.45, 7) is 0.880. The fraction of sp³-hybridized carbons (Fsp3) is 0.214. The Morgan fingerprint density at radius 1 is 1.03 bits per heavy atom. The first-order valence-corrected chi connectivity index (χ1v) is 12.3. The molecule has 0 radical (unpaired) electrons. The van der Waals surface area contributed by atoms with Gasteiger partial charge >= 0.3 is 6.09 Å². The Labute approximate surface area is 214 Å². The highest BCUT2D eigenvalue weighted by Gasteiger charge is 2.24. The molecule has 0 bridgehead atoms. The Balaban J connectivity index is 1.43. The van der Waals surface area contributed by atoms with Crippen LogP contribution in [0.2, 0.25) is 0 Å². The molecule has 4 N–H and O–H groups in total. The Morgan fingerprint density at radius 2 is 1.81 bits per heavy atom. The van der Waals surface area contributed by atoms with Crippen molar-refractivity contribution in [3.8, 4) is 22.5 Å². The fourth-order valence-electron chi connectivity index (χ4n) is 4.01. The highest BCUT2D eigenvalue weighted by Crippen LogP contribution is 2.31. The number of hydrogen-bond acceptors (Lipinski definition) is 5. The zero-order valence-corrected chi connectivity index (χ0v) is 20.2. The molecular formula is C28H28N6O3. The number of nitrogens with zero attached hydrogens (tertiary/aromatic N) is 3. The van der Waals surface area contributed by atoms with Gasteiger partial charge in [0.1, 0.15) is 0 Å². The molecule has 2 amide bonds. The normalized spacial score (nSPS) is 13.1. The molecule has 0 unspecified atom stereocenters. The Morgan fingerprint density at radius 3 is 2.54 bits per heavy atom. The van der Waals surface area contributed by atoms with Gasteiger partial charge in [-0.2, -0.15) is 0 Å². The van der Waals surface area contributed by atoms with Crippen molar-refractivity contribution < 1.29 is 14.7 Å². The molecule has 1 aliphatic carbocycles. The number of carbonyl (C=O) groups is 2. The van der Waals surface area contributed by atoms with Gasteiger partial charge in [-0.05, 0) is 31.4 Å². The monoisotopic (exact) mass is 496 g/mol. The van der Waals surface area contributed by atoms with Crippen LogP contribution in [-0.4, -0.2) is 50.6 Å². The molecule has 1 aliphatic rings. The minimum absolute atomic E-state index is 0.0507. The van der Waals surface area contributed by atoms with E-state index in [9.17, 15) is 9.59 Å². The minimum Gasteiger partial charge on any atom is -0.465 e. The number of hydrogen-bond donors (Lipinski definition) is 4. The molecule has 1 fully saturated rings. The van der Waals surface area contributed by atoms with E-state index in [1.807, 2.05) is 71.3 Å². The number of anilines is 1. The lowest BCUT2D eigenvalue weighted by Crippen LogP contribution is -2.25. The average molecular weight is 497 g/mol. The van der Waals surface area contributed by atoms with Crippen LogP contribution in [0.4, 0.5) is 10.6 Å². The van der Waals surface area contributed by atoms with E-state index in [1.165, 1.54) is 0 Å². The van der Waals surface area contributed by atoms with Crippen LogP contribution in [0, 0.1) is 0 Å². The van der Waals surface area contributed by atoms with Crippen molar-refractivity contribution in [1.29, 1.82) is 0 Å². The van der Waals surface area contributed by atoms with E-state index in [2.05, 4.69) is 20.9 Å². The van der Waals surface area contributed by atoms with E-state index in [0.717, 1.165) is 35.4 Å². The largest absolute Gasteiger partial charge is 0.465 e. The number of fused-ring (bicyclic) bond motifs is 1. The van der Waals surface area contributed by atoms with Crippen LogP contribution in [0.1, 0.15) is 29.6 Å². The molecule has 9 heteroatoms. The lowest BCUT2D eigenvalue weighted by Gasteiger charge is -2.09. The predicted octanol–water partition coefficient (Wildman–Crippen LogP) is 4.58. The number of carbonyl (C=O) groups excluding carboxylic acids is 1. The van der Waals surface area contributed by atoms with Gasteiger partial charge < -0.3 is 21.1 Å². The van der Waals surface area contributed by atoms with Gasteiger partial charge in [0.2, 0.25) is 0 Å². The summed E-state index contributed by atoms with van der Waals surface area (Å²) in [5, 5.41) is 17.4. The van der Waals surface area contributed by atoms with E-state index in [0.29, 0.717) is 36.0 Å². The van der Waals surface area contributed by atoms with Crippen LogP contribution in [-0.2, 0) is 0 Å². The van der Waals surface area contributed by atoms with Crippen molar-refractivity contribution >= 4 is 23.5 Å². The molecule has 0 atom stereocenters. The van der Waals surface area contributed by atoms with Crippen molar-refractivity contribution in [2.75, 3.05) is 18.4 Å². The Bertz CT molecular complexity index is 1430. The van der Waals surface area contributed by atoms with Gasteiger partial charge in [0.05, 0.1) is 17.6 Å². The first-order chi connectivity index (χ1) is 18.1. The second-order valence-electron chi connectivity index (χ2n) is 8.87. The van der Waals surface area contributed by atoms with E-state index >= 15 is 0 Å². The molecule has 37 heavy (non-hydrogen) atoms. The van der Waals surface area contributed by atoms with Gasteiger partial charge in [-0.15, -0.1) is 0 Å². The maximum atomic E-state index is 12.5. The van der Waals surface area contributed by atoms with Crippen molar-refractivity contribution in [2.45, 2.75) is 25.3 Å². The van der Waals surface area contributed by atoms with Crippen molar-refractivity contribution in [3.63, 3.8) is 0 Å². The van der Waals surface area contributed by atoms with Crippen molar-refractivity contribution in [3.05, 3.63) is 84.7 Å². The molecule has 0 saturated heterocycles. The molecule has 1 saturated carbocycles. The standard InChI is InChI=1S/C28H28N6O3/c35-27(32-22-13-14-22)21-11-9-20(10-12-21)25-26(29-15-5-2-6-16-30-28(36)37)33-24-17-31-23(18-34(24)25)19-7-3-1-4-8-19/h1-4,6-12,17-18,22,29-30H,5,13-16H2,(H,32,35)(H,36,37)/b6-2-. The van der Waals surface area contributed by atoms with Gasteiger partial charge in [-0.25, -0.2) is 9.78 Å². The lowest BCUT2D eigenvalue weighted by molar-refractivity contribution is 0.0951. The van der Waals surface area contributed by atoms with Crippen molar-refractivity contribution in [1.82, 2.24) is 25.0 Å². The summed E-state index contributed by atoms with van der Waals surface area (Å²) in [5.41, 5.74) is 4.96. The maximum Gasteiger partial charge on any atom is 0.404 e. The second-order valence-corrected chi connectivity index (χ2v) is 8.87. The van der Waals surface area contributed by atoms with Crippen LogP contribution in [0.15, 0.2) is 79.1 Å². The van der Waals surface area contributed by atoms with Crippen LogP contribution >= 0.6 is 0 Å². The SMILES string of the molecule is O=C(O)NC/C=C\CCNc1nc2cnc(-c3ccccc3)cn2c1-c1ccc(C(=O)NC2CC2)cc1. The number of nitrogens with one attached hydrogen (secondary N) is 3. The van der Waals surface area contributed by atoms with E-state index in [1.54, 1.807) is 12.3 Å². The first kappa shape index (κ1) is 24.1. The summed E-state index contributed by atoms with van der Waals surface area (Å²) < 4.78 is 2.02. The maximum absolute atomic E-state index is 12.5. The van der Waals surface area contributed by atoms with Crippen LogP contribution in [0.5, 0.6) is 0 Å². The van der Waals surface area contributed by atoms with Crippen LogP contribution in [0.25, 0.3) is 28.2 Å². The Hall–Kier alpha value is -4.66. The number of carboxylic acid groups (broad SMARTS) is 1. The summed E-state index contributed by atoms with van der Waals surface area (Å²) in [7, 11) is 0. The number of amides is 2. The van der Waals surface area contributed by atoms with E-state index in [4.69, 9.17) is 10.1 Å². The van der Waals surface area contributed by atoms with Crippen molar-refractivity contribution in [2.24, 2.45) is 0 Å². The number of aromatic nitrogens is 3. The number of benzene rings is 2. The number of rotatable bonds is 10. The summed E-state index contributed by atoms with van der Waals surface area (Å²) in [6.07, 6.45) is 9.17. The summed E-state index contributed by atoms with van der Waals surface area (Å²) in [5.74, 6) is 0.657. The predicted molar refractivity (Wildman–Crippen MR) is 143 cm³/mol. The van der Waals surface area contributed by atoms with Crippen LogP contribution < -0.4 is 16.0 Å². The fourth-order valence-corrected chi connectivity index (χ4v) is 4.01. The molecule has 2 aromatic heterocycles. The zero-order valence-electron chi connectivity index (χ0n) is 20.2. The minimum atomic E-state index is -1.04. The smallest absolute Gasteiger partial charge is 0.404 e. The van der Waals surface area contributed by atoms with Gasteiger partial charge in [-0.3, -0.25) is 14.2 Å². The van der Waals surface area contributed by atoms with Gasteiger partial charge in [-0.1, -0.05) is 54.6 Å². The van der Waals surface area contributed by atoms with E-state index < -0.39 is 6.09 Å². The molecule has 5 rings (SSSR count). The number of imidazole rings is 1. The third-order valence-corrected chi connectivity index (χ3v) is 6.05. The average Bonchev–Trinajstić information content (AvgIpc) is 3.66. The summed E-state index contributed by atoms with van der Waals surface area (Å²) in [4.78, 5) is 32.4. The van der Waals surface area contributed by atoms with Gasteiger partial charge in [0.15, 0.2) is 11.5 Å². The summed E-state index contributed by atoms with van der Waals surface area (Å²) in [6, 6.07) is 17.8. The molecule has 0 aliphatic heterocycles. The molecule has 2 heterocycles. The van der Waals surface area contributed by atoms with Gasteiger partial charge in [0.25, 0.3) is 5.91 Å². The second kappa shape index (κ2) is 10.9. The highest BCUT2D eigenvalue weighted by atomic mass is 16.4. The molecule has 9 nitrogen and oxygen atoms in total. The third kappa shape index (κ3) is 5.95. The highest BCUT2D eigenvalue weighted by molar-refractivity contribution is 5.95. The molecular weight excluding hydrogens is 468 g/mol. The quantitative estimate of drug-likeness (QED) is 0.188. The zero-order chi connectivity index (χ0) is 25.6. The van der Waals surface area contributed by atoms with E-state index in [-0.39, 0.29) is 12.5 Å². The Kier molecular flexibility index (Phi) is 7.12. The molecule has 0 spiro atoms. The molecule has 4 aromatic rings.